The quantitative estimate of drug-likeness (QED) is 0.0528. The lowest BCUT2D eigenvalue weighted by Crippen LogP contribution is -2.11. The Morgan fingerprint density at radius 1 is 0.481 bits per heavy atom. The average molecular weight is 1070 g/mol. The van der Waals surface area contributed by atoms with Crippen molar-refractivity contribution < 1.29 is 38.1 Å². The molecule has 0 saturated heterocycles. The fourth-order valence-electron chi connectivity index (χ4n) is 11.3. The first-order valence-electron chi connectivity index (χ1n) is 26.9. The van der Waals surface area contributed by atoms with Crippen molar-refractivity contribution in [2.45, 2.75) is 27.7 Å². The van der Waals surface area contributed by atoms with Crippen molar-refractivity contribution in [3.05, 3.63) is 190 Å². The first kappa shape index (κ1) is 50.3. The third-order valence-electron chi connectivity index (χ3n) is 14.9. The summed E-state index contributed by atoms with van der Waals surface area (Å²) in [5, 5.41) is 12.3. The zero-order valence-electron chi connectivity index (χ0n) is 44.7. The van der Waals surface area contributed by atoms with E-state index in [1.54, 1.807) is 32.9 Å². The number of aromatic nitrogens is 4. The second-order valence-corrected chi connectivity index (χ2v) is 19.6. The number of hydrogen-bond donors (Lipinski definition) is 5. The van der Waals surface area contributed by atoms with Gasteiger partial charge in [-0.05, 0) is 107 Å². The maximum absolute atomic E-state index is 12.3. The summed E-state index contributed by atoms with van der Waals surface area (Å²) in [5.74, 6) is 0.361. The fraction of sp³-hybridized carbons (Fsp3) is 0.136. The fourth-order valence-corrected chi connectivity index (χ4v) is 11.3. The van der Waals surface area contributed by atoms with E-state index in [1.807, 2.05) is 78.9 Å². The highest BCUT2D eigenvalue weighted by Gasteiger charge is 2.23. The molecule has 6 N–H and O–H groups in total. The molecule has 15 nitrogen and oxygen atoms in total. The maximum Gasteiger partial charge on any atom is 0.513 e. The Morgan fingerprint density at radius 2 is 0.988 bits per heavy atom. The summed E-state index contributed by atoms with van der Waals surface area (Å²) in [4.78, 5) is 59.9. The number of para-hydroxylation sites is 4. The van der Waals surface area contributed by atoms with E-state index in [0.717, 1.165) is 109 Å². The van der Waals surface area contributed by atoms with Crippen molar-refractivity contribution in [3.63, 3.8) is 0 Å². The molecule has 4 aromatic heterocycles. The van der Waals surface area contributed by atoms with Crippen LogP contribution in [-0.2, 0) is 14.2 Å². The smallest absolute Gasteiger partial charge is 0.488 e. The van der Waals surface area contributed by atoms with E-state index in [9.17, 15) is 14.4 Å². The summed E-state index contributed by atoms with van der Waals surface area (Å²) in [6.07, 6.45) is -0.710. The van der Waals surface area contributed by atoms with Crippen LogP contribution in [-0.4, -0.2) is 71.0 Å². The Morgan fingerprint density at radius 3 is 1.57 bits per heavy atom. The van der Waals surface area contributed by atoms with Crippen LogP contribution < -0.4 is 25.9 Å². The number of esters is 2. The molecule has 6 heterocycles. The van der Waals surface area contributed by atoms with Gasteiger partial charge < -0.3 is 49.4 Å². The summed E-state index contributed by atoms with van der Waals surface area (Å²) in [7, 11) is 0. The number of nitrogens with two attached hydrogens (primary N) is 1. The summed E-state index contributed by atoms with van der Waals surface area (Å²) < 4.78 is 27.1. The summed E-state index contributed by atoms with van der Waals surface area (Å²) >= 11 is 0. The molecule has 81 heavy (non-hydrogen) atoms. The van der Waals surface area contributed by atoms with E-state index in [4.69, 9.17) is 39.4 Å². The molecule has 15 heteroatoms. The Bertz CT molecular complexity index is 4790. The number of hydrogen-bond acceptors (Lipinski definition) is 11. The molecule has 0 saturated carbocycles. The molecule has 0 atom stereocenters. The Kier molecular flexibility index (Phi) is 12.7. The lowest BCUT2D eigenvalue weighted by Gasteiger charge is -2.08. The summed E-state index contributed by atoms with van der Waals surface area (Å²) in [5.41, 5.74) is 19.3. The van der Waals surface area contributed by atoms with Crippen LogP contribution in [0, 0.1) is 17.4 Å². The van der Waals surface area contributed by atoms with Gasteiger partial charge in [0.25, 0.3) is 0 Å². The zero-order chi connectivity index (χ0) is 55.5. The average Bonchev–Trinajstić information content (AvgIpc) is 4.55. The molecule has 0 radical (unpaired) electrons. The molecule has 2 aliphatic heterocycles. The van der Waals surface area contributed by atoms with Crippen LogP contribution in [0.15, 0.2) is 162 Å². The Balaban J connectivity index is 0.000000118. The minimum absolute atomic E-state index is 0.261. The lowest BCUT2D eigenvalue weighted by molar-refractivity contribution is 0.0517. The first-order chi connectivity index (χ1) is 39.6. The topological polar surface area (TPSA) is 211 Å². The van der Waals surface area contributed by atoms with Crippen LogP contribution in [0.3, 0.4) is 0 Å². The number of rotatable bonds is 9. The van der Waals surface area contributed by atoms with Gasteiger partial charge in [0.1, 0.15) is 6.61 Å². The molecule has 2 aliphatic rings. The normalized spacial score (nSPS) is 11.9. The second-order valence-electron chi connectivity index (χ2n) is 19.6. The Labute approximate surface area is 461 Å². The number of benzene rings is 9. The highest BCUT2D eigenvalue weighted by atomic mass is 16.7. The van der Waals surface area contributed by atoms with E-state index < -0.39 is 6.16 Å². The van der Waals surface area contributed by atoms with Crippen LogP contribution in [0.4, 0.5) is 16.2 Å². The summed E-state index contributed by atoms with van der Waals surface area (Å²) in [6.45, 7) is 9.01. The van der Waals surface area contributed by atoms with Gasteiger partial charge in [0.2, 0.25) is 0 Å². The van der Waals surface area contributed by atoms with Crippen LogP contribution in [0.1, 0.15) is 47.1 Å². The molecule has 0 amide bonds. The minimum atomic E-state index is -0.710. The van der Waals surface area contributed by atoms with Crippen molar-refractivity contribution >= 4 is 117 Å². The van der Waals surface area contributed by atoms with E-state index in [1.165, 1.54) is 27.1 Å². The van der Waals surface area contributed by atoms with Gasteiger partial charge in [-0.25, -0.2) is 24.4 Å². The number of carbonyl (C=O) groups is 3. The van der Waals surface area contributed by atoms with Gasteiger partial charge in [0, 0.05) is 98.8 Å². The number of fused-ring (bicyclic) bond motifs is 17. The van der Waals surface area contributed by atoms with Crippen molar-refractivity contribution in [3.8, 4) is 22.6 Å². The Hall–Kier alpha value is -10.3. The van der Waals surface area contributed by atoms with Crippen molar-refractivity contribution in [1.82, 2.24) is 19.9 Å². The molecule has 0 fully saturated rings. The monoisotopic (exact) mass is 1070 g/mol. The van der Waals surface area contributed by atoms with Gasteiger partial charge in [0.15, 0.2) is 11.5 Å². The van der Waals surface area contributed by atoms with Crippen LogP contribution in [0.2, 0.25) is 0 Å². The standard InChI is InChI=1S/C26H25N3O5.C21H16N2O3.C19H12N2/c1-3-32-25(30)14-5-7-20-16(11-14)18-13-19-17-12-15(26(31)33-4-2)6-8-21(17)29-23(19)24(22(18)28-20)34-10-9-27;1-2-25-21(24)26-20-18-14(12-7-3-5-9-16(12)22-18)11-15-13-8-4-6-10-17(13)23-19(15)20;1-11-18-14(12-6-2-4-8-16(12)20-18)10-15-13-7-3-5-9-17(13)21-19(11)15/h5-8,11-13,28-29H,3-4,9-10,27H2,1-2H3;3-11,22-23H,2H2,1H3;2-10H,1H3. The highest BCUT2D eigenvalue weighted by Crippen LogP contribution is 2.43. The molecule has 15 rings (SSSR count). The van der Waals surface area contributed by atoms with E-state index >= 15 is 0 Å². The van der Waals surface area contributed by atoms with Gasteiger partial charge in [-0.1, -0.05) is 72.8 Å². The molecule has 9 aromatic carbocycles. The third-order valence-corrected chi connectivity index (χ3v) is 14.9. The van der Waals surface area contributed by atoms with Crippen LogP contribution >= 0.6 is 0 Å². The number of H-pyrrole nitrogens is 4. The molecule has 0 bridgehead atoms. The van der Waals surface area contributed by atoms with Gasteiger partial charge >= 0.3 is 18.1 Å². The number of carbonyl (C=O) groups excluding carboxylic acids is 3. The molecule has 400 valence electrons. The predicted octanol–water partition coefficient (Wildman–Crippen LogP) is 13.6. The summed E-state index contributed by atoms with van der Waals surface area (Å²) in [6, 6.07) is 50.0. The number of ether oxygens (including phenoxy) is 5. The van der Waals surface area contributed by atoms with Gasteiger partial charge in [-0.2, -0.15) is 0 Å². The molecule has 0 aliphatic carbocycles. The van der Waals surface area contributed by atoms with E-state index in [-0.39, 0.29) is 18.5 Å². The molecular weight excluding hydrogens is 1020 g/mol. The van der Waals surface area contributed by atoms with Crippen LogP contribution in [0.5, 0.6) is 11.5 Å². The third kappa shape index (κ3) is 8.62. The maximum atomic E-state index is 12.3. The van der Waals surface area contributed by atoms with Crippen molar-refractivity contribution in [2.24, 2.45) is 15.7 Å². The largest absolute Gasteiger partial charge is 0.513 e. The van der Waals surface area contributed by atoms with Gasteiger partial charge in [0.05, 0.1) is 75.1 Å². The van der Waals surface area contributed by atoms with Crippen LogP contribution in [0.25, 0.3) is 98.4 Å². The number of nitrogens with one attached hydrogen (secondary N) is 4. The zero-order valence-corrected chi connectivity index (χ0v) is 44.7. The first-order valence-corrected chi connectivity index (χ1v) is 26.9. The highest BCUT2D eigenvalue weighted by molar-refractivity contribution is 6.23. The minimum Gasteiger partial charge on any atom is -0.488 e. The predicted molar refractivity (Wildman–Crippen MR) is 317 cm³/mol. The van der Waals surface area contributed by atoms with Gasteiger partial charge in [-0.3, -0.25) is 0 Å². The van der Waals surface area contributed by atoms with E-state index in [2.05, 4.69) is 87.5 Å². The molecular formula is C66H53N7O8. The number of nitrogens with zero attached hydrogens (tertiary/aromatic N) is 2. The number of aromatic amines is 4. The molecule has 0 spiro atoms. The lowest BCUT2D eigenvalue weighted by atomic mass is 10.0. The van der Waals surface area contributed by atoms with Gasteiger partial charge in [-0.15, -0.1) is 0 Å². The molecule has 0 unspecified atom stereocenters. The van der Waals surface area contributed by atoms with Crippen molar-refractivity contribution in [1.29, 1.82) is 0 Å². The molecule has 13 aromatic rings. The van der Waals surface area contributed by atoms with E-state index in [0.29, 0.717) is 49.0 Å². The van der Waals surface area contributed by atoms with Crippen molar-refractivity contribution in [2.75, 3.05) is 33.0 Å². The second kappa shape index (κ2) is 20.5. The SMILES string of the molecule is CCOC(=O)Oc1c2[nH]c3ccccc3c2cc2c1[nH]c1ccccc12.CCOC(=O)c1ccc2[nH]c3c(OCCN)c4[nH]c5ccc(C(=O)OCC)cc5c4cc3c2c1.Cc1c2c(cc3c1=Nc1ccccc1-3)=c1ccccc1=N2.